The van der Waals surface area contributed by atoms with Gasteiger partial charge in [0.25, 0.3) is 0 Å². The smallest absolute Gasteiger partial charge is 0.221 e. The van der Waals surface area contributed by atoms with Crippen LogP contribution in [-0.2, 0) is 4.79 Å². The molecule has 1 heterocycles. The van der Waals surface area contributed by atoms with Crippen molar-refractivity contribution in [2.24, 2.45) is 0 Å². The highest BCUT2D eigenvalue weighted by Gasteiger charge is 2.07. The third-order valence-electron chi connectivity index (χ3n) is 0.674. The normalized spacial score (nSPS) is 17.0. The zero-order chi connectivity index (χ0) is 3.70. The third-order valence-corrected chi connectivity index (χ3v) is 0.674. The first kappa shape index (κ1) is 5.43. The maximum atomic E-state index is 9.79. The van der Waals surface area contributed by atoms with E-state index in [0.717, 1.165) is 13.0 Å². The van der Waals surface area contributed by atoms with Gasteiger partial charge in [-0.2, -0.15) is 0 Å². The van der Waals surface area contributed by atoms with E-state index in [1.165, 1.54) is 0 Å². The van der Waals surface area contributed by atoms with Crippen LogP contribution in [0.3, 0.4) is 0 Å². The molecule has 1 aliphatic rings. The van der Waals surface area contributed by atoms with Gasteiger partial charge in [-0.1, -0.05) is 0 Å². The molecule has 1 rings (SSSR count). The van der Waals surface area contributed by atoms with Crippen LogP contribution < -0.4 is 5.32 Å². The van der Waals surface area contributed by atoms with Crippen LogP contribution in [-0.4, -0.2) is 17.9 Å². The van der Waals surface area contributed by atoms with E-state index in [1.54, 1.807) is 0 Å². The van der Waals surface area contributed by atoms with Gasteiger partial charge in [0.05, 0.1) is 0 Å². The summed E-state index contributed by atoms with van der Waals surface area (Å²) in [6, 6.07) is 0. The number of hydrogen-bond acceptors (Lipinski definition) is 1. The Morgan fingerprint density at radius 3 is 2.00 bits per heavy atom. The average Bonchev–Trinajstić information content (AvgIpc) is 1.30. The van der Waals surface area contributed by atoms with Crippen LogP contribution in [0.1, 0.15) is 6.42 Å². The van der Waals surface area contributed by atoms with Crippen LogP contribution >= 0.6 is 0 Å². The molecular formula is C3H7NO2. The molecule has 0 aromatic heterocycles. The van der Waals surface area contributed by atoms with E-state index < -0.39 is 0 Å². The van der Waals surface area contributed by atoms with Gasteiger partial charge in [-0.3, -0.25) is 4.79 Å². The Morgan fingerprint density at radius 2 is 2.00 bits per heavy atom. The van der Waals surface area contributed by atoms with Gasteiger partial charge >= 0.3 is 0 Å². The number of carbonyl (C=O) groups is 1. The summed E-state index contributed by atoms with van der Waals surface area (Å²) < 4.78 is 0. The summed E-state index contributed by atoms with van der Waals surface area (Å²) in [6.07, 6.45) is 0.736. The average molecular weight is 89.1 g/mol. The van der Waals surface area contributed by atoms with Gasteiger partial charge in [-0.05, 0) is 0 Å². The number of hydrogen-bond donors (Lipinski definition) is 1. The van der Waals surface area contributed by atoms with Crippen molar-refractivity contribution in [2.45, 2.75) is 6.42 Å². The molecule has 6 heavy (non-hydrogen) atoms. The molecule has 0 aromatic carbocycles. The van der Waals surface area contributed by atoms with E-state index >= 15 is 0 Å². The zero-order valence-corrected chi connectivity index (χ0v) is 3.32. The molecule has 0 radical (unpaired) electrons. The van der Waals surface area contributed by atoms with Crippen molar-refractivity contribution in [3.8, 4) is 0 Å². The van der Waals surface area contributed by atoms with Crippen molar-refractivity contribution in [3.05, 3.63) is 0 Å². The Hall–Kier alpha value is -0.570. The van der Waals surface area contributed by atoms with Crippen molar-refractivity contribution >= 4 is 5.91 Å². The van der Waals surface area contributed by atoms with Gasteiger partial charge in [-0.25, -0.2) is 0 Å². The van der Waals surface area contributed by atoms with E-state index in [1.807, 2.05) is 0 Å². The number of amides is 1. The van der Waals surface area contributed by atoms with Crippen LogP contribution in [0.4, 0.5) is 0 Å². The first-order valence-electron chi connectivity index (χ1n) is 1.66. The minimum atomic E-state index is 0. The molecule has 0 unspecified atom stereocenters. The summed E-state index contributed by atoms with van der Waals surface area (Å²) in [7, 11) is 0. The second-order valence-corrected chi connectivity index (χ2v) is 1.10. The Kier molecular flexibility index (Phi) is 1.60. The lowest BCUT2D eigenvalue weighted by Crippen LogP contribution is -2.37. The number of nitrogens with one attached hydrogen (secondary N) is 1. The fraction of sp³-hybridized carbons (Fsp3) is 0.667. The molecule has 3 heteroatoms. The molecule has 36 valence electrons. The van der Waals surface area contributed by atoms with Gasteiger partial charge in [0.1, 0.15) is 0 Å². The Labute approximate surface area is 35.7 Å². The molecule has 0 spiro atoms. The summed E-state index contributed by atoms with van der Waals surface area (Å²) >= 11 is 0. The molecule has 0 saturated carbocycles. The topological polar surface area (TPSA) is 60.6 Å². The SMILES string of the molecule is O.O=C1CCN1. The van der Waals surface area contributed by atoms with E-state index in [4.69, 9.17) is 0 Å². The van der Waals surface area contributed by atoms with Crippen LogP contribution in [0.15, 0.2) is 0 Å². The van der Waals surface area contributed by atoms with Crippen LogP contribution in [0, 0.1) is 0 Å². The Morgan fingerprint density at radius 1 is 1.67 bits per heavy atom. The number of carbonyl (C=O) groups excluding carboxylic acids is 1. The fourth-order valence-corrected chi connectivity index (χ4v) is 0.227. The molecule has 0 atom stereocenters. The molecule has 1 saturated heterocycles. The lowest BCUT2D eigenvalue weighted by molar-refractivity contribution is -0.125. The molecule has 0 aromatic rings. The first-order valence-corrected chi connectivity index (χ1v) is 1.66. The highest BCUT2D eigenvalue weighted by molar-refractivity contribution is 5.81. The number of β-lactam (4-membered cyclic amide) rings is 1. The minimum Gasteiger partial charge on any atom is -0.412 e. The highest BCUT2D eigenvalue weighted by Crippen LogP contribution is 1.85. The van der Waals surface area contributed by atoms with Crippen molar-refractivity contribution in [2.75, 3.05) is 6.54 Å². The quantitative estimate of drug-likeness (QED) is 0.368. The lowest BCUT2D eigenvalue weighted by atomic mass is 10.3. The number of rotatable bonds is 0. The fourth-order valence-electron chi connectivity index (χ4n) is 0.227. The largest absolute Gasteiger partial charge is 0.412 e. The van der Waals surface area contributed by atoms with Crippen molar-refractivity contribution < 1.29 is 10.3 Å². The molecular weight excluding hydrogens is 82.0 g/mol. The molecule has 3 nitrogen and oxygen atoms in total. The summed E-state index contributed by atoms with van der Waals surface area (Å²) in [4.78, 5) is 9.79. The predicted molar refractivity (Wildman–Crippen MR) is 21.2 cm³/mol. The van der Waals surface area contributed by atoms with E-state index in [2.05, 4.69) is 5.32 Å². The Bertz CT molecular complexity index is 55.8. The van der Waals surface area contributed by atoms with E-state index in [-0.39, 0.29) is 11.4 Å². The summed E-state index contributed by atoms with van der Waals surface area (Å²) in [5.74, 6) is 0.185. The van der Waals surface area contributed by atoms with Crippen LogP contribution in [0.2, 0.25) is 0 Å². The highest BCUT2D eigenvalue weighted by atomic mass is 16.2. The molecule has 0 aliphatic carbocycles. The summed E-state index contributed by atoms with van der Waals surface area (Å²) in [6.45, 7) is 0.888. The van der Waals surface area contributed by atoms with E-state index in [0.29, 0.717) is 0 Å². The minimum absolute atomic E-state index is 0. The van der Waals surface area contributed by atoms with Crippen molar-refractivity contribution in [1.29, 1.82) is 0 Å². The standard InChI is InChI=1S/C3H5NO.H2O/c5-3-1-2-4-3;/h1-2H2,(H,4,5);1H2. The van der Waals surface area contributed by atoms with Gasteiger partial charge < -0.3 is 10.8 Å². The third kappa shape index (κ3) is 0.687. The lowest BCUT2D eigenvalue weighted by Gasteiger charge is -2.10. The summed E-state index contributed by atoms with van der Waals surface area (Å²) in [5, 5.41) is 2.57. The predicted octanol–water partition coefficient (Wildman–Crippen LogP) is -1.32. The first-order chi connectivity index (χ1) is 2.39. The van der Waals surface area contributed by atoms with Gasteiger partial charge in [-0.15, -0.1) is 0 Å². The van der Waals surface area contributed by atoms with E-state index in [9.17, 15) is 4.79 Å². The van der Waals surface area contributed by atoms with Crippen LogP contribution in [0.5, 0.6) is 0 Å². The molecule has 0 bridgehead atoms. The maximum Gasteiger partial charge on any atom is 0.221 e. The molecule has 3 N–H and O–H groups in total. The Balaban J connectivity index is 0.000000250. The molecule has 1 amide bonds. The second-order valence-electron chi connectivity index (χ2n) is 1.10. The second kappa shape index (κ2) is 1.77. The summed E-state index contributed by atoms with van der Waals surface area (Å²) in [5.41, 5.74) is 0. The van der Waals surface area contributed by atoms with Gasteiger partial charge in [0.15, 0.2) is 0 Å². The monoisotopic (exact) mass is 89.0 g/mol. The zero-order valence-electron chi connectivity index (χ0n) is 3.32. The van der Waals surface area contributed by atoms with Crippen molar-refractivity contribution in [3.63, 3.8) is 0 Å². The van der Waals surface area contributed by atoms with Crippen molar-refractivity contribution in [1.82, 2.24) is 5.32 Å². The molecule has 1 fully saturated rings. The van der Waals surface area contributed by atoms with Crippen LogP contribution in [0.25, 0.3) is 0 Å². The maximum absolute atomic E-state index is 9.79. The van der Waals surface area contributed by atoms with Gasteiger partial charge in [0, 0.05) is 13.0 Å². The molecule has 1 aliphatic heterocycles. The van der Waals surface area contributed by atoms with Gasteiger partial charge in [0.2, 0.25) is 5.91 Å².